The molecule has 0 aliphatic carbocycles. The van der Waals surface area contributed by atoms with Crippen molar-refractivity contribution >= 4 is 5.95 Å². The van der Waals surface area contributed by atoms with Gasteiger partial charge in [-0.3, -0.25) is 0 Å². The minimum absolute atomic E-state index is 0.123. The number of aryl methyl sites for hydroxylation is 1. The molecule has 5 heteroatoms. The van der Waals surface area contributed by atoms with Crippen LogP contribution in [0.5, 0.6) is 5.75 Å². The first-order chi connectivity index (χ1) is 14.8. The molecular weight excluding hydrogens is 372 g/mol. The number of aromatic nitrogens is 3. The highest BCUT2D eigenvalue weighted by Crippen LogP contribution is 2.37. The summed E-state index contributed by atoms with van der Waals surface area (Å²) in [4.78, 5) is 4.42. The predicted octanol–water partition coefficient (Wildman–Crippen LogP) is 5.31. The van der Waals surface area contributed by atoms with E-state index in [9.17, 15) is 0 Å². The highest BCUT2D eigenvalue weighted by Gasteiger charge is 2.29. The molecule has 3 aromatic carbocycles. The summed E-state index contributed by atoms with van der Waals surface area (Å²) >= 11 is 0. The molecule has 0 spiro atoms. The lowest BCUT2D eigenvalue weighted by atomic mass is 9.93. The first kappa shape index (κ1) is 18.4. The van der Waals surface area contributed by atoms with E-state index in [1.54, 1.807) is 6.33 Å². The summed E-state index contributed by atoms with van der Waals surface area (Å²) in [5.41, 5.74) is 4.89. The molecule has 0 saturated carbocycles. The number of rotatable bonds is 5. The summed E-state index contributed by atoms with van der Waals surface area (Å²) in [5, 5.41) is 7.99. The van der Waals surface area contributed by atoms with Gasteiger partial charge in [0.05, 0.1) is 12.1 Å². The maximum atomic E-state index is 5.94. The summed E-state index contributed by atoms with van der Waals surface area (Å²) in [6, 6.07) is 27.6. The van der Waals surface area contributed by atoms with Crippen LogP contribution in [0.3, 0.4) is 0 Å². The van der Waals surface area contributed by atoms with Gasteiger partial charge >= 0.3 is 0 Å². The number of nitrogens with zero attached hydrogens (tertiary/aromatic N) is 3. The van der Waals surface area contributed by atoms with Gasteiger partial charge in [-0.25, -0.2) is 4.68 Å². The summed E-state index contributed by atoms with van der Waals surface area (Å²) in [6.07, 6.45) is 2.52. The van der Waals surface area contributed by atoms with Crippen molar-refractivity contribution in [2.45, 2.75) is 32.0 Å². The van der Waals surface area contributed by atoms with Crippen LogP contribution in [0, 0.1) is 6.92 Å². The Kier molecular flexibility index (Phi) is 4.93. The van der Waals surface area contributed by atoms with Gasteiger partial charge in [0.15, 0.2) is 0 Å². The smallest absolute Gasteiger partial charge is 0.222 e. The van der Waals surface area contributed by atoms with Gasteiger partial charge in [0, 0.05) is 0 Å². The van der Waals surface area contributed by atoms with Crippen LogP contribution in [0.25, 0.3) is 0 Å². The van der Waals surface area contributed by atoms with Crippen molar-refractivity contribution in [3.8, 4) is 5.75 Å². The lowest BCUT2D eigenvalue weighted by Crippen LogP contribution is -2.28. The van der Waals surface area contributed by atoms with Crippen molar-refractivity contribution in [2.75, 3.05) is 5.32 Å². The molecule has 0 amide bonds. The minimum Gasteiger partial charge on any atom is -0.489 e. The van der Waals surface area contributed by atoms with E-state index in [0.29, 0.717) is 6.61 Å². The van der Waals surface area contributed by atoms with Crippen LogP contribution < -0.4 is 10.1 Å². The van der Waals surface area contributed by atoms with Gasteiger partial charge in [-0.15, -0.1) is 0 Å². The first-order valence-electron chi connectivity index (χ1n) is 10.3. The van der Waals surface area contributed by atoms with Gasteiger partial charge in [-0.05, 0) is 42.2 Å². The van der Waals surface area contributed by atoms with E-state index in [0.717, 1.165) is 23.7 Å². The van der Waals surface area contributed by atoms with Crippen molar-refractivity contribution in [3.63, 3.8) is 0 Å². The van der Waals surface area contributed by atoms with Gasteiger partial charge in [-0.2, -0.15) is 10.1 Å². The molecule has 5 nitrogen and oxygen atoms in total. The molecular formula is C25H24N4O. The molecule has 1 aliphatic rings. The van der Waals surface area contributed by atoms with Crippen LogP contribution in [-0.4, -0.2) is 14.8 Å². The molecule has 0 fully saturated rings. The fraction of sp³-hybridized carbons (Fsp3) is 0.200. The SMILES string of the molecule is Cc1ccc([C@@H]2C[C@H](c3ccc(OCc4ccccc4)cc3)n3ncnc3N2)cc1. The highest BCUT2D eigenvalue weighted by molar-refractivity contribution is 5.39. The summed E-state index contributed by atoms with van der Waals surface area (Å²) in [5.74, 6) is 1.67. The van der Waals surface area contributed by atoms with Gasteiger partial charge in [0.25, 0.3) is 0 Å². The Morgan fingerprint density at radius 2 is 1.67 bits per heavy atom. The quantitative estimate of drug-likeness (QED) is 0.497. The zero-order valence-electron chi connectivity index (χ0n) is 16.9. The summed E-state index contributed by atoms with van der Waals surface area (Å²) < 4.78 is 7.92. The fourth-order valence-electron chi connectivity index (χ4n) is 3.94. The minimum atomic E-state index is 0.123. The first-order valence-corrected chi connectivity index (χ1v) is 10.3. The van der Waals surface area contributed by atoms with E-state index in [1.165, 1.54) is 16.7 Å². The molecule has 4 aromatic rings. The van der Waals surface area contributed by atoms with Crippen molar-refractivity contribution in [3.05, 3.63) is 107 Å². The average Bonchev–Trinajstić information content (AvgIpc) is 3.27. The van der Waals surface area contributed by atoms with E-state index in [1.807, 2.05) is 35.0 Å². The van der Waals surface area contributed by atoms with Crippen molar-refractivity contribution in [2.24, 2.45) is 0 Å². The third-order valence-electron chi connectivity index (χ3n) is 5.62. The maximum Gasteiger partial charge on any atom is 0.222 e. The topological polar surface area (TPSA) is 52.0 Å². The maximum absolute atomic E-state index is 5.94. The van der Waals surface area contributed by atoms with Crippen LogP contribution in [0.15, 0.2) is 85.2 Å². The number of fused-ring (bicyclic) bond motifs is 1. The number of hydrogen-bond acceptors (Lipinski definition) is 4. The monoisotopic (exact) mass is 396 g/mol. The molecule has 1 N–H and O–H groups in total. The van der Waals surface area contributed by atoms with Crippen molar-refractivity contribution in [1.29, 1.82) is 0 Å². The Bertz CT molecular complexity index is 1100. The van der Waals surface area contributed by atoms with Crippen LogP contribution in [0.1, 0.15) is 40.8 Å². The summed E-state index contributed by atoms with van der Waals surface area (Å²) in [6.45, 7) is 2.68. The Labute approximate surface area is 176 Å². The molecule has 1 aromatic heterocycles. The van der Waals surface area contributed by atoms with E-state index in [4.69, 9.17) is 4.74 Å². The molecule has 2 heterocycles. The van der Waals surface area contributed by atoms with E-state index < -0.39 is 0 Å². The molecule has 0 bridgehead atoms. The van der Waals surface area contributed by atoms with Crippen LogP contribution in [0.2, 0.25) is 0 Å². The third kappa shape index (κ3) is 3.79. The van der Waals surface area contributed by atoms with E-state index >= 15 is 0 Å². The average molecular weight is 396 g/mol. The standard InChI is InChI=1S/C25H24N4O/c1-18-7-9-20(10-8-18)23-15-24(29-25(28-23)26-17-27-29)21-11-13-22(14-12-21)30-16-19-5-3-2-4-6-19/h2-14,17,23-24H,15-16H2,1H3,(H,26,27,28)/t23-,24+/m0/s1. The summed E-state index contributed by atoms with van der Waals surface area (Å²) in [7, 11) is 0. The second-order valence-corrected chi connectivity index (χ2v) is 7.73. The molecule has 30 heavy (non-hydrogen) atoms. The van der Waals surface area contributed by atoms with Crippen molar-refractivity contribution in [1.82, 2.24) is 14.8 Å². The Balaban J connectivity index is 1.35. The fourth-order valence-corrected chi connectivity index (χ4v) is 3.94. The van der Waals surface area contributed by atoms with E-state index in [2.05, 4.69) is 70.9 Å². The lowest BCUT2D eigenvalue weighted by Gasteiger charge is -2.32. The lowest BCUT2D eigenvalue weighted by molar-refractivity contribution is 0.306. The Morgan fingerprint density at radius 1 is 0.933 bits per heavy atom. The third-order valence-corrected chi connectivity index (χ3v) is 5.62. The molecule has 150 valence electrons. The zero-order chi connectivity index (χ0) is 20.3. The molecule has 5 rings (SSSR count). The normalized spacial score (nSPS) is 17.8. The van der Waals surface area contributed by atoms with Gasteiger partial charge in [0.1, 0.15) is 18.7 Å². The zero-order valence-corrected chi connectivity index (χ0v) is 16.9. The molecule has 0 radical (unpaired) electrons. The Hall–Kier alpha value is -3.60. The number of benzene rings is 3. The van der Waals surface area contributed by atoms with Crippen LogP contribution >= 0.6 is 0 Å². The number of hydrogen-bond donors (Lipinski definition) is 1. The number of nitrogens with one attached hydrogen (secondary N) is 1. The Morgan fingerprint density at radius 3 is 2.43 bits per heavy atom. The molecule has 1 aliphatic heterocycles. The van der Waals surface area contributed by atoms with Crippen molar-refractivity contribution < 1.29 is 4.74 Å². The van der Waals surface area contributed by atoms with Gasteiger partial charge < -0.3 is 10.1 Å². The second kappa shape index (κ2) is 8.03. The van der Waals surface area contributed by atoms with Crippen LogP contribution in [-0.2, 0) is 6.61 Å². The van der Waals surface area contributed by atoms with Crippen LogP contribution in [0.4, 0.5) is 5.95 Å². The number of anilines is 1. The van der Waals surface area contributed by atoms with E-state index in [-0.39, 0.29) is 12.1 Å². The van der Waals surface area contributed by atoms with Gasteiger partial charge in [0.2, 0.25) is 5.95 Å². The highest BCUT2D eigenvalue weighted by atomic mass is 16.5. The molecule has 0 unspecified atom stereocenters. The molecule has 0 saturated heterocycles. The largest absolute Gasteiger partial charge is 0.489 e. The number of ether oxygens (including phenoxy) is 1. The second-order valence-electron chi connectivity index (χ2n) is 7.73. The van der Waals surface area contributed by atoms with Gasteiger partial charge in [-0.1, -0.05) is 72.3 Å². The predicted molar refractivity (Wildman–Crippen MR) is 118 cm³/mol. The molecule has 2 atom stereocenters.